The maximum atomic E-state index is 11.7. The second-order valence-electron chi connectivity index (χ2n) is 4.70. The second-order valence-corrected chi connectivity index (χ2v) is 4.70. The molecule has 0 aliphatic carbocycles. The van der Waals surface area contributed by atoms with E-state index < -0.39 is 5.54 Å². The lowest BCUT2D eigenvalue weighted by atomic mass is 10.1. The Kier molecular flexibility index (Phi) is 5.82. The summed E-state index contributed by atoms with van der Waals surface area (Å²) in [5.74, 6) is 0.895. The normalized spacial score (nSPS) is 13.4. The van der Waals surface area contributed by atoms with Gasteiger partial charge in [-0.05, 0) is 38.1 Å². The molecular formula is C15H23NO4. The van der Waals surface area contributed by atoms with Gasteiger partial charge in [-0.25, -0.2) is 4.79 Å². The minimum absolute atomic E-state index is 0.151. The zero-order valence-corrected chi connectivity index (χ0v) is 12.8. The Morgan fingerprint density at radius 3 is 2.50 bits per heavy atom. The van der Waals surface area contributed by atoms with Gasteiger partial charge in [0.15, 0.2) is 11.5 Å². The van der Waals surface area contributed by atoms with Gasteiger partial charge in [0, 0.05) is 0 Å². The number of likely N-dealkylation sites (N-methyl/N-ethyl adjacent to an activating group) is 1. The van der Waals surface area contributed by atoms with E-state index in [4.69, 9.17) is 14.2 Å². The topological polar surface area (TPSA) is 56.8 Å². The number of esters is 1. The predicted octanol–water partition coefficient (Wildman–Crippen LogP) is 1.79. The van der Waals surface area contributed by atoms with Gasteiger partial charge in [-0.3, -0.25) is 0 Å². The Morgan fingerprint density at radius 1 is 1.30 bits per heavy atom. The van der Waals surface area contributed by atoms with Crippen LogP contribution in [0.2, 0.25) is 0 Å². The highest BCUT2D eigenvalue weighted by Crippen LogP contribution is 2.29. The molecule has 1 aromatic carbocycles. The molecule has 0 aliphatic rings. The van der Waals surface area contributed by atoms with E-state index in [9.17, 15) is 4.79 Å². The quantitative estimate of drug-likeness (QED) is 0.772. The van der Waals surface area contributed by atoms with Gasteiger partial charge < -0.3 is 19.5 Å². The molecule has 1 N–H and O–H groups in total. The number of aryl methyl sites for hydroxylation is 1. The molecule has 1 rings (SSSR count). The molecule has 20 heavy (non-hydrogen) atoms. The average Bonchev–Trinajstić information content (AvgIpc) is 2.51. The molecule has 0 bridgehead atoms. The predicted molar refractivity (Wildman–Crippen MR) is 77.3 cm³/mol. The van der Waals surface area contributed by atoms with Crippen molar-refractivity contribution in [1.29, 1.82) is 0 Å². The maximum absolute atomic E-state index is 11.7. The first-order chi connectivity index (χ1) is 9.50. The molecule has 0 aliphatic heterocycles. The summed E-state index contributed by atoms with van der Waals surface area (Å²) in [6, 6.07) is 5.77. The van der Waals surface area contributed by atoms with Gasteiger partial charge in [-0.1, -0.05) is 13.0 Å². The lowest BCUT2D eigenvalue weighted by Crippen LogP contribution is -2.52. The number of hydrogen-bond donors (Lipinski definition) is 1. The molecule has 1 aromatic rings. The van der Waals surface area contributed by atoms with Crippen molar-refractivity contribution >= 4 is 5.97 Å². The molecule has 5 nitrogen and oxygen atoms in total. The first-order valence-corrected chi connectivity index (χ1v) is 6.57. The summed E-state index contributed by atoms with van der Waals surface area (Å²) < 4.78 is 15.8. The summed E-state index contributed by atoms with van der Waals surface area (Å²) in [4.78, 5) is 11.7. The molecule has 5 heteroatoms. The summed E-state index contributed by atoms with van der Waals surface area (Å²) in [6.45, 7) is 3.95. The molecule has 0 amide bonds. The van der Waals surface area contributed by atoms with Gasteiger partial charge in [-0.15, -0.1) is 0 Å². The van der Waals surface area contributed by atoms with Crippen LogP contribution < -0.4 is 14.8 Å². The van der Waals surface area contributed by atoms with Crippen LogP contribution in [0.5, 0.6) is 11.5 Å². The van der Waals surface area contributed by atoms with Gasteiger partial charge in [0.25, 0.3) is 0 Å². The Bertz CT molecular complexity index is 461. The second kappa shape index (κ2) is 7.14. The molecule has 0 spiro atoms. The third-order valence-corrected chi connectivity index (χ3v) is 3.34. The van der Waals surface area contributed by atoms with Crippen LogP contribution in [0.3, 0.4) is 0 Å². The van der Waals surface area contributed by atoms with Crippen molar-refractivity contribution in [3.05, 3.63) is 23.8 Å². The number of carbonyl (C=O) groups is 1. The van der Waals surface area contributed by atoms with Gasteiger partial charge in [0.05, 0.1) is 14.2 Å². The summed E-state index contributed by atoms with van der Waals surface area (Å²) in [6.07, 6.45) is 0.924. The van der Waals surface area contributed by atoms with Crippen LogP contribution in [0.25, 0.3) is 0 Å². The Morgan fingerprint density at radius 2 is 2.00 bits per heavy atom. The number of methoxy groups -OCH3 is 2. The highest BCUT2D eigenvalue weighted by molar-refractivity contribution is 5.80. The van der Waals surface area contributed by atoms with Crippen molar-refractivity contribution < 1.29 is 19.0 Å². The van der Waals surface area contributed by atoms with Crippen molar-refractivity contribution in [1.82, 2.24) is 5.32 Å². The lowest BCUT2D eigenvalue weighted by Gasteiger charge is -2.26. The fourth-order valence-corrected chi connectivity index (χ4v) is 1.73. The van der Waals surface area contributed by atoms with E-state index in [2.05, 4.69) is 12.2 Å². The molecule has 0 radical (unpaired) electrons. The van der Waals surface area contributed by atoms with Crippen molar-refractivity contribution in [2.24, 2.45) is 0 Å². The zero-order valence-electron chi connectivity index (χ0n) is 12.8. The van der Waals surface area contributed by atoms with Crippen LogP contribution in [0, 0.1) is 0 Å². The minimum Gasteiger partial charge on any atom is -0.493 e. The van der Waals surface area contributed by atoms with E-state index in [0.29, 0.717) is 11.5 Å². The Labute approximate surface area is 120 Å². The number of nitrogens with one attached hydrogen (secondary N) is 1. The maximum Gasteiger partial charge on any atom is 0.329 e. The largest absolute Gasteiger partial charge is 0.493 e. The van der Waals surface area contributed by atoms with Crippen molar-refractivity contribution in [2.45, 2.75) is 25.8 Å². The van der Waals surface area contributed by atoms with Crippen LogP contribution in [-0.4, -0.2) is 39.4 Å². The lowest BCUT2D eigenvalue weighted by molar-refractivity contribution is -0.148. The van der Waals surface area contributed by atoms with Gasteiger partial charge >= 0.3 is 5.97 Å². The summed E-state index contributed by atoms with van der Waals surface area (Å²) in [5.41, 5.74) is 0.266. The molecule has 1 unspecified atom stereocenters. The average molecular weight is 281 g/mol. The summed E-state index contributed by atoms with van der Waals surface area (Å²) in [5, 5.41) is 2.92. The monoisotopic (exact) mass is 281 g/mol. The van der Waals surface area contributed by atoms with E-state index in [1.807, 2.05) is 18.2 Å². The SMILES string of the molecule is CCc1ccc(OCC(C)(NC)C(=O)OC)c(OC)c1. The summed E-state index contributed by atoms with van der Waals surface area (Å²) >= 11 is 0. The van der Waals surface area contributed by atoms with E-state index in [-0.39, 0.29) is 12.6 Å². The molecule has 1 atom stereocenters. The highest BCUT2D eigenvalue weighted by atomic mass is 16.5. The van der Waals surface area contributed by atoms with Crippen LogP contribution >= 0.6 is 0 Å². The van der Waals surface area contributed by atoms with Gasteiger partial charge in [0.2, 0.25) is 0 Å². The third kappa shape index (κ3) is 3.63. The van der Waals surface area contributed by atoms with Gasteiger partial charge in [0.1, 0.15) is 12.1 Å². The van der Waals surface area contributed by atoms with E-state index in [1.165, 1.54) is 12.7 Å². The van der Waals surface area contributed by atoms with Crippen LogP contribution in [0.15, 0.2) is 18.2 Å². The number of benzene rings is 1. The molecular weight excluding hydrogens is 258 g/mol. The molecule has 0 fully saturated rings. The van der Waals surface area contributed by atoms with Crippen molar-refractivity contribution in [3.63, 3.8) is 0 Å². The smallest absolute Gasteiger partial charge is 0.329 e. The number of rotatable bonds is 7. The Balaban J connectivity index is 2.85. The third-order valence-electron chi connectivity index (χ3n) is 3.34. The number of ether oxygens (including phenoxy) is 3. The van der Waals surface area contributed by atoms with Crippen LogP contribution in [-0.2, 0) is 16.0 Å². The first kappa shape index (κ1) is 16.3. The fraction of sp³-hybridized carbons (Fsp3) is 0.533. The van der Waals surface area contributed by atoms with Crippen LogP contribution in [0.1, 0.15) is 19.4 Å². The molecule has 0 heterocycles. The van der Waals surface area contributed by atoms with Gasteiger partial charge in [-0.2, -0.15) is 0 Å². The minimum atomic E-state index is -0.900. The first-order valence-electron chi connectivity index (χ1n) is 6.57. The standard InChI is InChI=1S/C15H23NO4/c1-6-11-7-8-12(13(9-11)18-4)20-10-15(2,16-3)14(17)19-5/h7-9,16H,6,10H2,1-5H3. The molecule has 0 saturated heterocycles. The van der Waals surface area contributed by atoms with Crippen LogP contribution in [0.4, 0.5) is 0 Å². The number of carbonyl (C=O) groups excluding carboxylic acids is 1. The number of hydrogen-bond acceptors (Lipinski definition) is 5. The van der Waals surface area contributed by atoms with Crippen molar-refractivity contribution in [2.75, 3.05) is 27.9 Å². The zero-order chi connectivity index (χ0) is 15.2. The fourth-order valence-electron chi connectivity index (χ4n) is 1.73. The van der Waals surface area contributed by atoms with E-state index in [0.717, 1.165) is 6.42 Å². The van der Waals surface area contributed by atoms with Crippen molar-refractivity contribution in [3.8, 4) is 11.5 Å². The molecule has 112 valence electrons. The molecule has 0 aromatic heterocycles. The molecule has 0 saturated carbocycles. The Hall–Kier alpha value is -1.75. The van der Waals surface area contributed by atoms with E-state index in [1.54, 1.807) is 21.1 Å². The summed E-state index contributed by atoms with van der Waals surface area (Å²) in [7, 11) is 4.64. The van der Waals surface area contributed by atoms with E-state index >= 15 is 0 Å². The highest BCUT2D eigenvalue weighted by Gasteiger charge is 2.34.